The van der Waals surface area contributed by atoms with Crippen LogP contribution in [0.5, 0.6) is 0 Å². The first-order chi connectivity index (χ1) is 22.5. The average molecular weight is 656 g/mol. The summed E-state index contributed by atoms with van der Waals surface area (Å²) in [5, 5.41) is 4.38. The van der Waals surface area contributed by atoms with Crippen LogP contribution >= 0.6 is 7.26 Å². The van der Waals surface area contributed by atoms with Gasteiger partial charge in [0.25, 0.3) is 0 Å². The van der Waals surface area contributed by atoms with Crippen LogP contribution in [0.4, 0.5) is 0 Å². The van der Waals surface area contributed by atoms with Crippen LogP contribution < -0.4 is 22.1 Å². The molecule has 0 aliphatic rings. The number of nitrogens with zero attached hydrogens (tertiary/aromatic N) is 1. The zero-order valence-corrected chi connectivity index (χ0v) is 31.5. The van der Waals surface area contributed by atoms with E-state index in [4.69, 9.17) is 0 Å². The number of benzene rings is 4. The van der Waals surface area contributed by atoms with Crippen LogP contribution in [-0.2, 0) is 6.16 Å². The number of unbranched alkanes of at least 4 members (excludes halogenated alkanes) is 13. The van der Waals surface area contributed by atoms with Crippen molar-refractivity contribution in [2.75, 3.05) is 27.7 Å². The van der Waals surface area contributed by atoms with Gasteiger partial charge in [-0.2, -0.15) is 0 Å². The SMILES string of the molecule is CCCCCCCCCCCCCCCC[N+](C)(C)C.N.c1ccc(C[PH](c2ccccc2)(c2ccccc2)c2ccccc2)cc1. The first kappa shape index (κ1) is 40.4. The average Bonchev–Trinajstić information content (AvgIpc) is 3.09. The van der Waals surface area contributed by atoms with Gasteiger partial charge in [0, 0.05) is 0 Å². The molecule has 0 aliphatic carbocycles. The van der Waals surface area contributed by atoms with Crippen molar-refractivity contribution in [3.63, 3.8) is 0 Å². The monoisotopic (exact) mass is 656 g/mol. The zero-order chi connectivity index (χ0) is 32.8. The number of rotatable bonds is 20. The van der Waals surface area contributed by atoms with Gasteiger partial charge < -0.3 is 10.6 Å². The molecule has 258 valence electrons. The molecule has 2 nitrogen and oxygen atoms in total. The van der Waals surface area contributed by atoms with Crippen molar-refractivity contribution in [3.05, 3.63) is 127 Å². The van der Waals surface area contributed by atoms with E-state index in [9.17, 15) is 0 Å². The molecule has 3 heteroatoms. The maximum absolute atomic E-state index is 2.31. The van der Waals surface area contributed by atoms with Crippen molar-refractivity contribution in [2.45, 2.75) is 103 Å². The fraction of sp³-hybridized carbons (Fsp3) is 0.455. The van der Waals surface area contributed by atoms with Crippen LogP contribution in [0.15, 0.2) is 121 Å². The molecule has 0 spiro atoms. The van der Waals surface area contributed by atoms with Crippen LogP contribution in [0.2, 0.25) is 0 Å². The minimum absolute atomic E-state index is 0. The zero-order valence-electron chi connectivity index (χ0n) is 30.5. The van der Waals surface area contributed by atoms with Gasteiger partial charge in [-0.1, -0.05) is 84.0 Å². The fourth-order valence-corrected chi connectivity index (χ4v) is 11.4. The van der Waals surface area contributed by atoms with Gasteiger partial charge in [0.05, 0.1) is 27.7 Å². The summed E-state index contributed by atoms with van der Waals surface area (Å²) < 4.78 is 1.12. The van der Waals surface area contributed by atoms with Crippen LogP contribution in [0.25, 0.3) is 0 Å². The molecule has 0 aliphatic heterocycles. The minimum atomic E-state index is -2.16. The number of hydrogen-bond donors (Lipinski definition) is 1. The van der Waals surface area contributed by atoms with Gasteiger partial charge >= 0.3 is 156 Å². The Hall–Kier alpha value is -2.77. The van der Waals surface area contributed by atoms with Gasteiger partial charge in [-0.05, 0) is 12.8 Å². The second kappa shape index (κ2) is 23.5. The Morgan fingerprint density at radius 3 is 1.02 bits per heavy atom. The topological polar surface area (TPSA) is 35.0 Å². The van der Waals surface area contributed by atoms with Gasteiger partial charge in [0.2, 0.25) is 0 Å². The van der Waals surface area contributed by atoms with Gasteiger partial charge in [-0.3, -0.25) is 0 Å². The van der Waals surface area contributed by atoms with Gasteiger partial charge in [-0.15, -0.1) is 0 Å². The van der Waals surface area contributed by atoms with E-state index in [1.54, 1.807) is 0 Å². The molecular weight excluding hydrogens is 587 g/mol. The summed E-state index contributed by atoms with van der Waals surface area (Å²) in [6, 6.07) is 44.2. The quantitative estimate of drug-likeness (QED) is 0.0574. The Balaban J connectivity index is 0.000000334. The van der Waals surface area contributed by atoms with Crippen molar-refractivity contribution in [2.24, 2.45) is 0 Å². The van der Waals surface area contributed by atoms with E-state index in [2.05, 4.69) is 149 Å². The maximum atomic E-state index is 2.31. The molecule has 0 unspecified atom stereocenters. The molecule has 4 aromatic rings. The second-order valence-electron chi connectivity index (χ2n) is 14.3. The molecule has 0 fully saturated rings. The van der Waals surface area contributed by atoms with E-state index in [1.807, 2.05) is 0 Å². The van der Waals surface area contributed by atoms with Crippen LogP contribution in [0.1, 0.15) is 102 Å². The Labute approximate surface area is 290 Å². The summed E-state index contributed by atoms with van der Waals surface area (Å²) in [4.78, 5) is 0. The van der Waals surface area contributed by atoms with E-state index < -0.39 is 7.26 Å². The summed E-state index contributed by atoms with van der Waals surface area (Å²) in [7, 11) is 4.72. The molecule has 0 amide bonds. The van der Waals surface area contributed by atoms with Gasteiger partial charge in [0.1, 0.15) is 0 Å². The van der Waals surface area contributed by atoms with E-state index >= 15 is 0 Å². The molecule has 0 aromatic heterocycles. The third-order valence-electron chi connectivity index (χ3n) is 9.29. The predicted molar refractivity (Wildman–Crippen MR) is 215 cm³/mol. The molecular formula is C44H68N2P+. The molecule has 4 rings (SSSR count). The molecule has 47 heavy (non-hydrogen) atoms. The number of hydrogen-bond acceptors (Lipinski definition) is 1. The molecule has 3 N–H and O–H groups in total. The molecule has 4 aromatic carbocycles. The number of quaternary nitrogens is 1. The standard InChI is InChI=1S/C25H23P.C19H42N.H3N/c1-5-13-22(14-6-1)21-26(23-15-7-2-8-16-23,24-17-9-3-10-18-24)25-19-11-4-12-20-25;1-5-6-7-8-9-10-11-12-13-14-15-16-17-18-19-20(2,3)4;/h1-20,26H,21H2;5-19H2,1-4H3;1H3/q;+1;. The summed E-state index contributed by atoms with van der Waals surface area (Å²) in [5.74, 6) is 0. The van der Waals surface area contributed by atoms with E-state index in [0.29, 0.717) is 0 Å². The normalized spacial score (nSPS) is 11.7. The summed E-state index contributed by atoms with van der Waals surface area (Å²) in [6.07, 6.45) is 21.4. The third kappa shape index (κ3) is 15.3. The molecule has 0 saturated heterocycles. The van der Waals surface area contributed by atoms with Crippen LogP contribution in [-0.4, -0.2) is 32.2 Å². The third-order valence-corrected chi connectivity index (χ3v) is 14.2. The molecule has 0 atom stereocenters. The van der Waals surface area contributed by atoms with Crippen molar-refractivity contribution >= 4 is 23.2 Å². The Kier molecular flexibility index (Phi) is 20.2. The van der Waals surface area contributed by atoms with E-state index in [1.165, 1.54) is 118 Å². The summed E-state index contributed by atoms with van der Waals surface area (Å²) in [6.45, 7) is 3.63. The van der Waals surface area contributed by atoms with Crippen molar-refractivity contribution in [1.82, 2.24) is 6.15 Å². The Bertz CT molecular complexity index is 1170. The van der Waals surface area contributed by atoms with Crippen molar-refractivity contribution in [1.29, 1.82) is 0 Å². The van der Waals surface area contributed by atoms with Crippen molar-refractivity contribution < 1.29 is 4.48 Å². The van der Waals surface area contributed by atoms with Crippen LogP contribution in [0.3, 0.4) is 0 Å². The Morgan fingerprint density at radius 2 is 0.702 bits per heavy atom. The molecule has 0 radical (unpaired) electrons. The second-order valence-corrected chi connectivity index (χ2v) is 18.2. The summed E-state index contributed by atoms with van der Waals surface area (Å²) in [5.41, 5.74) is 1.40. The molecule has 0 heterocycles. The molecule has 0 bridgehead atoms. The van der Waals surface area contributed by atoms with Gasteiger partial charge in [-0.25, -0.2) is 0 Å². The predicted octanol–water partition coefficient (Wildman–Crippen LogP) is 11.2. The van der Waals surface area contributed by atoms with E-state index in [0.717, 1.165) is 10.6 Å². The Morgan fingerprint density at radius 1 is 0.404 bits per heavy atom. The summed E-state index contributed by atoms with van der Waals surface area (Å²) >= 11 is 0. The van der Waals surface area contributed by atoms with Crippen molar-refractivity contribution in [3.8, 4) is 0 Å². The first-order valence-electron chi connectivity index (χ1n) is 18.5. The van der Waals surface area contributed by atoms with E-state index in [-0.39, 0.29) is 6.15 Å². The van der Waals surface area contributed by atoms with Crippen LogP contribution in [0, 0.1) is 0 Å². The molecule has 0 saturated carbocycles. The first-order valence-corrected chi connectivity index (χ1v) is 20.7. The van der Waals surface area contributed by atoms with Gasteiger partial charge in [0.15, 0.2) is 0 Å². The fourth-order valence-electron chi connectivity index (χ4n) is 6.66.